The van der Waals surface area contributed by atoms with Crippen molar-refractivity contribution in [3.05, 3.63) is 20.9 Å². The lowest BCUT2D eigenvalue weighted by Crippen LogP contribution is -2.22. The van der Waals surface area contributed by atoms with Gasteiger partial charge >= 0.3 is 0 Å². The number of rotatable bonds is 0. The molecule has 10 heavy (non-hydrogen) atoms. The molecule has 0 spiro atoms. The molecule has 0 aromatic heterocycles. The quantitative estimate of drug-likeness (QED) is 0.638. The van der Waals surface area contributed by atoms with Crippen LogP contribution in [-0.2, 0) is 0 Å². The molecule has 1 heterocycles. The maximum absolute atomic E-state index is 5.51. The van der Waals surface area contributed by atoms with Gasteiger partial charge in [0.15, 0.2) is 0 Å². The van der Waals surface area contributed by atoms with E-state index in [0.717, 1.165) is 22.9 Å². The third-order valence-electron chi connectivity index (χ3n) is 1.10. The lowest BCUT2D eigenvalue weighted by molar-refractivity contribution is 0.821. The van der Waals surface area contributed by atoms with Gasteiger partial charge in [0, 0.05) is 34.0 Å². The minimum Gasteiger partial charge on any atom is -0.307 e. The van der Waals surface area contributed by atoms with E-state index in [2.05, 4.69) is 5.32 Å². The molecule has 0 saturated carbocycles. The lowest BCUT2D eigenvalue weighted by atomic mass is 10.5. The molecule has 0 amide bonds. The zero-order valence-electron chi connectivity index (χ0n) is 5.23. The molecule has 0 bridgehead atoms. The van der Waals surface area contributed by atoms with Gasteiger partial charge in [-0.3, -0.25) is 0 Å². The molecular weight excluding hydrogens is 189 g/mol. The van der Waals surface area contributed by atoms with Crippen LogP contribution in [0.3, 0.4) is 0 Å². The largest absolute Gasteiger partial charge is 0.307 e. The van der Waals surface area contributed by atoms with Gasteiger partial charge in [0.1, 0.15) is 0 Å². The fourth-order valence-corrected chi connectivity index (χ4v) is 1.87. The van der Waals surface area contributed by atoms with Crippen LogP contribution >= 0.6 is 35.0 Å². The Labute approximate surface area is 74.5 Å². The third-order valence-corrected chi connectivity index (χ3v) is 2.94. The first-order chi connectivity index (χ1) is 4.86. The van der Waals surface area contributed by atoms with Crippen LogP contribution in [0.15, 0.2) is 20.9 Å². The summed E-state index contributed by atoms with van der Waals surface area (Å²) in [6.45, 7) is 1.70. The Balaban J connectivity index is 2.56. The van der Waals surface area contributed by atoms with Crippen molar-refractivity contribution in [2.75, 3.05) is 13.1 Å². The van der Waals surface area contributed by atoms with Gasteiger partial charge < -0.3 is 5.32 Å². The summed E-state index contributed by atoms with van der Waals surface area (Å²) in [6.07, 6.45) is 0. The number of hydrogen-bond donors (Lipinski definition) is 1. The van der Waals surface area contributed by atoms with E-state index in [1.807, 2.05) is 0 Å². The molecule has 0 aromatic rings. The maximum atomic E-state index is 5.51. The molecule has 1 saturated heterocycles. The van der Waals surface area contributed by atoms with Crippen LogP contribution in [0.1, 0.15) is 0 Å². The minimum absolute atomic E-state index is 0.850. The normalized spacial score (nSPS) is 27.8. The second-order valence-corrected chi connectivity index (χ2v) is 3.55. The zero-order chi connectivity index (χ0) is 7.40. The number of nitrogens with one attached hydrogen (secondary N) is 1. The molecular formula is C6H7Cl2NS. The van der Waals surface area contributed by atoms with Crippen molar-refractivity contribution < 1.29 is 0 Å². The first-order valence-electron chi connectivity index (χ1n) is 2.84. The smallest absolute Gasteiger partial charge is 0.0281 e. The summed E-state index contributed by atoms with van der Waals surface area (Å²) in [5.41, 5.74) is 3.16. The Morgan fingerprint density at radius 3 is 2.10 bits per heavy atom. The van der Waals surface area contributed by atoms with Gasteiger partial charge in [0.2, 0.25) is 0 Å². The average Bonchev–Trinajstić information content (AvgIpc) is 2.05. The van der Waals surface area contributed by atoms with Gasteiger partial charge in [-0.2, -0.15) is 0 Å². The highest BCUT2D eigenvalue weighted by atomic mass is 35.5. The van der Waals surface area contributed by atoms with Crippen molar-refractivity contribution in [2.24, 2.45) is 0 Å². The van der Waals surface area contributed by atoms with Crippen molar-refractivity contribution in [2.45, 2.75) is 0 Å². The number of hydrogen-bond acceptors (Lipinski definition) is 2. The summed E-state index contributed by atoms with van der Waals surface area (Å²) in [4.78, 5) is 2.22. The molecule has 4 heteroatoms. The predicted octanol–water partition coefficient (Wildman–Crippen LogP) is 2.48. The molecule has 0 aromatic carbocycles. The zero-order valence-corrected chi connectivity index (χ0v) is 7.56. The average molecular weight is 196 g/mol. The molecule has 1 aliphatic heterocycles. The van der Waals surface area contributed by atoms with Crippen LogP contribution in [0, 0.1) is 0 Å². The maximum Gasteiger partial charge on any atom is 0.0281 e. The van der Waals surface area contributed by atoms with Gasteiger partial charge in [-0.1, -0.05) is 35.0 Å². The topological polar surface area (TPSA) is 12.0 Å². The summed E-state index contributed by atoms with van der Waals surface area (Å²) in [5.74, 6) is 0. The van der Waals surface area contributed by atoms with Gasteiger partial charge in [0.05, 0.1) is 0 Å². The molecule has 1 aliphatic rings. The molecule has 0 aliphatic carbocycles. The number of halogens is 2. The van der Waals surface area contributed by atoms with Crippen molar-refractivity contribution >= 4 is 35.0 Å². The summed E-state index contributed by atoms with van der Waals surface area (Å²) in [6, 6.07) is 0. The van der Waals surface area contributed by atoms with Gasteiger partial charge in [-0.15, -0.1) is 0 Å². The lowest BCUT2D eigenvalue weighted by Gasteiger charge is -2.16. The molecule has 1 fully saturated rings. The third kappa shape index (κ3) is 2.20. The highest BCUT2D eigenvalue weighted by Gasteiger charge is 2.08. The fourth-order valence-electron chi connectivity index (χ4n) is 0.671. The van der Waals surface area contributed by atoms with E-state index < -0.39 is 0 Å². The van der Waals surface area contributed by atoms with Crippen molar-refractivity contribution in [1.82, 2.24) is 5.32 Å². The summed E-state index contributed by atoms with van der Waals surface area (Å²) in [5, 5.41) is 3.16. The van der Waals surface area contributed by atoms with Gasteiger partial charge in [-0.05, 0) is 0 Å². The van der Waals surface area contributed by atoms with Gasteiger partial charge in [-0.25, -0.2) is 0 Å². The summed E-state index contributed by atoms with van der Waals surface area (Å²) < 4.78 is 0. The van der Waals surface area contributed by atoms with Gasteiger partial charge in [0.25, 0.3) is 0 Å². The van der Waals surface area contributed by atoms with E-state index in [1.54, 1.807) is 22.8 Å². The second-order valence-electron chi connectivity index (χ2n) is 1.86. The van der Waals surface area contributed by atoms with Crippen molar-refractivity contribution in [1.29, 1.82) is 0 Å². The summed E-state index contributed by atoms with van der Waals surface area (Å²) >= 11 is 12.6. The fraction of sp³-hybridized carbons (Fsp3) is 0.333. The molecule has 0 unspecified atom stereocenters. The molecule has 1 rings (SSSR count). The van der Waals surface area contributed by atoms with Crippen LogP contribution in [0.5, 0.6) is 0 Å². The van der Waals surface area contributed by atoms with E-state index in [0.29, 0.717) is 0 Å². The monoisotopic (exact) mass is 195 g/mol. The minimum atomic E-state index is 0.850. The first kappa shape index (κ1) is 8.47. The van der Waals surface area contributed by atoms with Crippen molar-refractivity contribution in [3.8, 4) is 0 Å². The Kier molecular flexibility index (Phi) is 3.63. The SMILES string of the molecule is Cl/C=C1\CNC/C(=C\Cl)S1. The molecule has 0 radical (unpaired) electrons. The highest BCUT2D eigenvalue weighted by Crippen LogP contribution is 2.28. The summed E-state index contributed by atoms with van der Waals surface area (Å²) in [7, 11) is 0. The van der Waals surface area contributed by atoms with Crippen LogP contribution in [0.25, 0.3) is 0 Å². The van der Waals surface area contributed by atoms with E-state index >= 15 is 0 Å². The van der Waals surface area contributed by atoms with Crippen LogP contribution in [0.2, 0.25) is 0 Å². The van der Waals surface area contributed by atoms with E-state index in [-0.39, 0.29) is 0 Å². The Morgan fingerprint density at radius 2 is 1.70 bits per heavy atom. The standard InChI is InChI=1S/C6H7Cl2NS/c7-1-5-3-9-4-6(2-8)10-5/h1-2,9H,3-4H2/b5-1+,6-2+. The van der Waals surface area contributed by atoms with Crippen LogP contribution in [-0.4, -0.2) is 13.1 Å². The van der Waals surface area contributed by atoms with Crippen molar-refractivity contribution in [3.63, 3.8) is 0 Å². The van der Waals surface area contributed by atoms with E-state index in [1.165, 1.54) is 0 Å². The Hall–Kier alpha value is 0.370. The van der Waals surface area contributed by atoms with E-state index in [9.17, 15) is 0 Å². The van der Waals surface area contributed by atoms with E-state index in [4.69, 9.17) is 23.2 Å². The predicted molar refractivity (Wildman–Crippen MR) is 48.3 cm³/mol. The highest BCUT2D eigenvalue weighted by molar-refractivity contribution is 8.06. The molecule has 1 nitrogen and oxygen atoms in total. The Bertz CT molecular complexity index is 159. The Morgan fingerprint density at radius 1 is 1.20 bits per heavy atom. The van der Waals surface area contributed by atoms with Crippen LogP contribution in [0.4, 0.5) is 0 Å². The molecule has 56 valence electrons. The van der Waals surface area contributed by atoms with Crippen LogP contribution < -0.4 is 5.32 Å². The second kappa shape index (κ2) is 4.29. The first-order valence-corrected chi connectivity index (χ1v) is 4.53. The molecule has 1 N–H and O–H groups in total. The molecule has 0 atom stereocenters. The number of thioether (sulfide) groups is 1.